The first-order valence-electron chi connectivity index (χ1n) is 6.59. The molecule has 0 amide bonds. The maximum absolute atomic E-state index is 6.49. The van der Waals surface area contributed by atoms with Gasteiger partial charge in [-0.2, -0.15) is 23.5 Å². The molecule has 1 aromatic carbocycles. The molecule has 0 saturated carbocycles. The summed E-state index contributed by atoms with van der Waals surface area (Å²) < 4.78 is 0. The Hall–Kier alpha value is -0.120. The van der Waals surface area contributed by atoms with Crippen molar-refractivity contribution in [2.24, 2.45) is 5.73 Å². The minimum Gasteiger partial charge on any atom is -0.323 e. The lowest BCUT2D eigenvalue weighted by atomic mass is 9.98. The van der Waals surface area contributed by atoms with Crippen LogP contribution < -0.4 is 5.73 Å². The first kappa shape index (κ1) is 14.3. The molecule has 1 aromatic rings. The monoisotopic (exact) mass is 281 g/mol. The first-order valence-corrected chi connectivity index (χ1v) is 8.58. The highest BCUT2D eigenvalue weighted by atomic mass is 32.2. The van der Waals surface area contributed by atoms with Gasteiger partial charge in [-0.1, -0.05) is 37.6 Å². The van der Waals surface area contributed by atoms with Crippen LogP contribution in [0, 0.1) is 13.8 Å². The predicted molar refractivity (Wildman–Crippen MR) is 85.6 cm³/mol. The molecule has 1 nitrogen and oxygen atoms in total. The second-order valence-electron chi connectivity index (χ2n) is 5.30. The van der Waals surface area contributed by atoms with Gasteiger partial charge in [-0.3, -0.25) is 0 Å². The molecule has 0 aromatic heterocycles. The fraction of sp³-hybridized carbons (Fsp3) is 0.600. The summed E-state index contributed by atoms with van der Waals surface area (Å²) >= 11 is 4.13. The van der Waals surface area contributed by atoms with E-state index in [2.05, 4.69) is 69.4 Å². The molecule has 3 heteroatoms. The van der Waals surface area contributed by atoms with Gasteiger partial charge >= 0.3 is 0 Å². The number of hydrogen-bond donors (Lipinski definition) is 1. The quantitative estimate of drug-likeness (QED) is 0.889. The van der Waals surface area contributed by atoms with Crippen molar-refractivity contribution in [3.63, 3.8) is 0 Å². The van der Waals surface area contributed by atoms with Crippen LogP contribution >= 0.6 is 23.5 Å². The standard InChI is InChI=1S/C15H23NS2/c1-9-5-6-13(10(2)7-9)15(16)14-8-17-11(3)12(4)18-14/h5-7,11-12,14-15H,8,16H2,1-4H3. The van der Waals surface area contributed by atoms with Gasteiger partial charge in [0.2, 0.25) is 0 Å². The third-order valence-corrected chi connectivity index (χ3v) is 7.27. The number of aryl methyl sites for hydroxylation is 2. The van der Waals surface area contributed by atoms with Crippen LogP contribution in [0.25, 0.3) is 0 Å². The summed E-state index contributed by atoms with van der Waals surface area (Å²) in [5, 5.41) is 1.99. The Morgan fingerprint density at radius 1 is 1.22 bits per heavy atom. The molecule has 2 N–H and O–H groups in total. The summed E-state index contributed by atoms with van der Waals surface area (Å²) in [5.74, 6) is 1.17. The van der Waals surface area contributed by atoms with Crippen molar-refractivity contribution in [2.75, 3.05) is 5.75 Å². The summed E-state index contributed by atoms with van der Waals surface area (Å²) in [6.45, 7) is 8.95. The van der Waals surface area contributed by atoms with Gasteiger partial charge in [-0.25, -0.2) is 0 Å². The molecule has 0 radical (unpaired) electrons. The molecule has 2 rings (SSSR count). The molecule has 0 spiro atoms. The first-order chi connectivity index (χ1) is 8.49. The average Bonchev–Trinajstić information content (AvgIpc) is 2.32. The summed E-state index contributed by atoms with van der Waals surface area (Å²) in [5.41, 5.74) is 10.5. The number of thioether (sulfide) groups is 2. The summed E-state index contributed by atoms with van der Waals surface area (Å²) in [4.78, 5) is 0. The molecule has 1 heterocycles. The van der Waals surface area contributed by atoms with Gasteiger partial charge < -0.3 is 5.73 Å². The van der Waals surface area contributed by atoms with Crippen molar-refractivity contribution in [2.45, 2.75) is 49.5 Å². The van der Waals surface area contributed by atoms with Gasteiger partial charge in [0.25, 0.3) is 0 Å². The smallest absolute Gasteiger partial charge is 0.0426 e. The maximum atomic E-state index is 6.49. The van der Waals surface area contributed by atoms with Crippen LogP contribution in [0.3, 0.4) is 0 Å². The number of nitrogens with two attached hydrogens (primary N) is 1. The molecular weight excluding hydrogens is 258 g/mol. The van der Waals surface area contributed by atoms with Crippen LogP contribution in [-0.4, -0.2) is 21.5 Å². The van der Waals surface area contributed by atoms with E-state index < -0.39 is 0 Å². The van der Waals surface area contributed by atoms with Crippen LogP contribution in [0.4, 0.5) is 0 Å². The second kappa shape index (κ2) is 5.89. The minimum absolute atomic E-state index is 0.165. The van der Waals surface area contributed by atoms with Gasteiger partial charge in [0.15, 0.2) is 0 Å². The van der Waals surface area contributed by atoms with Gasteiger partial charge in [0.05, 0.1) is 0 Å². The average molecular weight is 281 g/mol. The van der Waals surface area contributed by atoms with Crippen molar-refractivity contribution >= 4 is 23.5 Å². The van der Waals surface area contributed by atoms with Crippen molar-refractivity contribution in [3.8, 4) is 0 Å². The van der Waals surface area contributed by atoms with Crippen LogP contribution in [-0.2, 0) is 0 Å². The molecular formula is C15H23NS2. The van der Waals surface area contributed by atoms with Crippen molar-refractivity contribution in [1.29, 1.82) is 0 Å². The predicted octanol–water partition coefficient (Wildman–Crippen LogP) is 3.93. The summed E-state index contributed by atoms with van der Waals surface area (Å²) in [7, 11) is 0. The molecule has 4 unspecified atom stereocenters. The third-order valence-electron chi connectivity index (χ3n) is 3.76. The Balaban J connectivity index is 2.13. The van der Waals surface area contributed by atoms with Crippen molar-refractivity contribution < 1.29 is 0 Å². The summed E-state index contributed by atoms with van der Waals surface area (Å²) in [6, 6.07) is 6.79. The fourth-order valence-electron chi connectivity index (χ4n) is 2.40. The van der Waals surface area contributed by atoms with Gasteiger partial charge in [-0.05, 0) is 25.0 Å². The van der Waals surface area contributed by atoms with E-state index in [1.165, 1.54) is 22.4 Å². The van der Waals surface area contributed by atoms with E-state index >= 15 is 0 Å². The van der Waals surface area contributed by atoms with Crippen LogP contribution in [0.1, 0.15) is 36.6 Å². The Bertz CT molecular complexity index is 419. The van der Waals surface area contributed by atoms with Crippen LogP contribution in [0.5, 0.6) is 0 Å². The van der Waals surface area contributed by atoms with E-state index in [1.54, 1.807) is 0 Å². The maximum Gasteiger partial charge on any atom is 0.0426 e. The van der Waals surface area contributed by atoms with Crippen LogP contribution in [0.2, 0.25) is 0 Å². The van der Waals surface area contributed by atoms with E-state index in [1.807, 2.05) is 0 Å². The lowest BCUT2D eigenvalue weighted by Crippen LogP contribution is -2.34. The van der Waals surface area contributed by atoms with E-state index in [0.29, 0.717) is 10.5 Å². The van der Waals surface area contributed by atoms with Gasteiger partial charge in [-0.15, -0.1) is 0 Å². The molecule has 0 bridgehead atoms. The van der Waals surface area contributed by atoms with E-state index in [-0.39, 0.29) is 6.04 Å². The molecule has 1 aliphatic heterocycles. The topological polar surface area (TPSA) is 26.0 Å². The zero-order valence-electron chi connectivity index (χ0n) is 11.6. The molecule has 1 fully saturated rings. The third kappa shape index (κ3) is 3.06. The summed E-state index contributed by atoms with van der Waals surface area (Å²) in [6.07, 6.45) is 0. The minimum atomic E-state index is 0.165. The second-order valence-corrected chi connectivity index (χ2v) is 8.34. The molecule has 4 atom stereocenters. The largest absolute Gasteiger partial charge is 0.323 e. The molecule has 100 valence electrons. The highest BCUT2D eigenvalue weighted by Crippen LogP contribution is 2.40. The van der Waals surface area contributed by atoms with Crippen molar-refractivity contribution in [3.05, 3.63) is 34.9 Å². The molecule has 1 saturated heterocycles. The van der Waals surface area contributed by atoms with Gasteiger partial charge in [0, 0.05) is 27.5 Å². The Morgan fingerprint density at radius 2 is 1.94 bits per heavy atom. The molecule has 1 aliphatic rings. The van der Waals surface area contributed by atoms with E-state index in [9.17, 15) is 0 Å². The number of hydrogen-bond acceptors (Lipinski definition) is 3. The SMILES string of the molecule is Cc1ccc(C(N)C2CSC(C)C(C)S2)c(C)c1. The van der Waals surface area contributed by atoms with Crippen molar-refractivity contribution in [1.82, 2.24) is 0 Å². The van der Waals surface area contributed by atoms with E-state index in [4.69, 9.17) is 5.73 Å². The molecule has 18 heavy (non-hydrogen) atoms. The Kier molecular flexibility index (Phi) is 4.68. The normalized spacial score (nSPS) is 30.2. The number of benzene rings is 1. The highest BCUT2D eigenvalue weighted by Gasteiger charge is 2.30. The van der Waals surface area contributed by atoms with E-state index in [0.717, 1.165) is 5.25 Å². The van der Waals surface area contributed by atoms with Gasteiger partial charge in [0.1, 0.15) is 0 Å². The number of rotatable bonds is 2. The zero-order chi connectivity index (χ0) is 13.3. The Labute approximate surface area is 119 Å². The zero-order valence-corrected chi connectivity index (χ0v) is 13.3. The van der Waals surface area contributed by atoms with Crippen LogP contribution in [0.15, 0.2) is 18.2 Å². The highest BCUT2D eigenvalue weighted by molar-refractivity contribution is 8.07. The Morgan fingerprint density at radius 3 is 2.56 bits per heavy atom. The lowest BCUT2D eigenvalue weighted by molar-refractivity contribution is 0.703. The lowest BCUT2D eigenvalue weighted by Gasteiger charge is -2.35. The fourth-order valence-corrected chi connectivity index (χ4v) is 5.43. The molecule has 0 aliphatic carbocycles.